The van der Waals surface area contributed by atoms with E-state index in [0.717, 1.165) is 15.8 Å². The Bertz CT molecular complexity index is 714. The summed E-state index contributed by atoms with van der Waals surface area (Å²) in [4.78, 5) is 37.5. The average Bonchev–Trinajstić information content (AvgIpc) is 2.86. The Morgan fingerprint density at radius 2 is 2.04 bits per heavy atom. The number of carbonyl (C=O) groups is 3. The van der Waals surface area contributed by atoms with Crippen molar-refractivity contribution in [3.63, 3.8) is 0 Å². The van der Waals surface area contributed by atoms with E-state index < -0.39 is 11.6 Å². The maximum atomic E-state index is 12.4. The smallest absolute Gasteiger partial charge is 0.322 e. The molecule has 2 saturated heterocycles. The van der Waals surface area contributed by atoms with E-state index >= 15 is 0 Å². The Hall–Kier alpha value is -2.09. The van der Waals surface area contributed by atoms with Crippen LogP contribution in [0, 0.1) is 0 Å². The lowest BCUT2D eigenvalue weighted by Crippen LogP contribution is -2.55. The van der Waals surface area contributed by atoms with Gasteiger partial charge in [-0.05, 0) is 52.9 Å². The minimum absolute atomic E-state index is 0.0616. The summed E-state index contributed by atoms with van der Waals surface area (Å²) >= 11 is 3.44. The topological polar surface area (TPSA) is 87.7 Å². The molecule has 2 N–H and O–H groups in total. The van der Waals surface area contributed by atoms with Gasteiger partial charge in [0.15, 0.2) is 0 Å². The third-order valence-electron chi connectivity index (χ3n) is 4.83. The highest BCUT2D eigenvalue weighted by Gasteiger charge is 2.48. The molecule has 0 aliphatic carbocycles. The third-order valence-corrected chi connectivity index (χ3v) is 5.45. The van der Waals surface area contributed by atoms with E-state index in [1.165, 1.54) is 0 Å². The van der Waals surface area contributed by atoms with Crippen molar-refractivity contribution < 1.29 is 19.1 Å². The fourth-order valence-electron chi connectivity index (χ4n) is 3.29. The highest BCUT2D eigenvalue weighted by atomic mass is 79.9. The number of carbonyl (C=O) groups excluding carboxylic acids is 3. The zero-order valence-electron chi connectivity index (χ0n) is 13.9. The molecule has 0 radical (unpaired) electrons. The zero-order valence-corrected chi connectivity index (χ0v) is 15.5. The quantitative estimate of drug-likeness (QED) is 0.739. The Morgan fingerprint density at radius 3 is 2.60 bits per heavy atom. The summed E-state index contributed by atoms with van der Waals surface area (Å²) in [6.07, 6.45) is 1.94. The molecule has 25 heavy (non-hydrogen) atoms. The molecule has 2 fully saturated rings. The third kappa shape index (κ3) is 3.63. The van der Waals surface area contributed by atoms with Gasteiger partial charge in [0.2, 0.25) is 5.91 Å². The number of ether oxygens (including phenoxy) is 1. The normalized spacial score (nSPS) is 18.9. The van der Waals surface area contributed by atoms with Gasteiger partial charge < -0.3 is 15.0 Å². The maximum Gasteiger partial charge on any atom is 0.322 e. The number of hydrogen-bond acceptors (Lipinski definition) is 4. The first-order chi connectivity index (χ1) is 11.9. The van der Waals surface area contributed by atoms with Gasteiger partial charge in [0.1, 0.15) is 11.3 Å². The first kappa shape index (κ1) is 17.7. The van der Waals surface area contributed by atoms with Gasteiger partial charge in [-0.2, -0.15) is 0 Å². The molecule has 1 spiro atoms. The lowest BCUT2D eigenvalue weighted by atomic mass is 9.87. The summed E-state index contributed by atoms with van der Waals surface area (Å²) in [6, 6.07) is 5.32. The number of imide groups is 1. The van der Waals surface area contributed by atoms with Crippen molar-refractivity contribution in [2.24, 2.45) is 0 Å². The number of hydrogen-bond donors (Lipinski definition) is 2. The number of rotatable bonds is 4. The minimum Gasteiger partial charge on any atom is -0.496 e. The van der Waals surface area contributed by atoms with E-state index in [9.17, 15) is 14.4 Å². The second kappa shape index (κ2) is 7.03. The van der Waals surface area contributed by atoms with E-state index in [2.05, 4.69) is 26.6 Å². The standard InChI is InChI=1S/C17H20BrN3O4/c1-25-13-4-2-11(10-12(13)18)3-5-14(22)21-8-6-17(7-9-21)15(23)19-16(24)20-17/h2,4,10H,3,5-9H2,1H3,(H2,19,20,23,24). The van der Waals surface area contributed by atoms with Crippen LogP contribution in [-0.4, -0.2) is 48.5 Å². The molecule has 7 nitrogen and oxygen atoms in total. The predicted octanol–water partition coefficient (Wildman–Crippen LogP) is 1.59. The number of piperidine rings is 1. The molecule has 4 amide bonds. The van der Waals surface area contributed by atoms with E-state index in [1.807, 2.05) is 18.2 Å². The van der Waals surface area contributed by atoms with E-state index in [-0.39, 0.29) is 11.8 Å². The molecule has 0 atom stereocenters. The van der Waals surface area contributed by atoms with E-state index in [0.29, 0.717) is 38.8 Å². The van der Waals surface area contributed by atoms with Gasteiger partial charge in [0.05, 0.1) is 11.6 Å². The van der Waals surface area contributed by atoms with Crippen molar-refractivity contribution in [2.45, 2.75) is 31.2 Å². The van der Waals surface area contributed by atoms with Crippen LogP contribution in [0.15, 0.2) is 22.7 Å². The Balaban J connectivity index is 1.52. The van der Waals surface area contributed by atoms with Gasteiger partial charge in [-0.3, -0.25) is 14.9 Å². The van der Waals surface area contributed by atoms with Crippen LogP contribution in [0.2, 0.25) is 0 Å². The Labute approximate surface area is 154 Å². The molecule has 0 aromatic heterocycles. The van der Waals surface area contributed by atoms with Crippen molar-refractivity contribution in [3.05, 3.63) is 28.2 Å². The molecule has 1 aromatic rings. The number of halogens is 1. The summed E-state index contributed by atoms with van der Waals surface area (Å²) in [5.74, 6) is 0.535. The molecule has 2 aliphatic heterocycles. The number of benzene rings is 1. The van der Waals surface area contributed by atoms with Crippen molar-refractivity contribution >= 4 is 33.8 Å². The van der Waals surface area contributed by atoms with Crippen LogP contribution in [0.1, 0.15) is 24.8 Å². The first-order valence-corrected chi connectivity index (χ1v) is 8.97. The SMILES string of the molecule is COc1ccc(CCC(=O)N2CCC3(CC2)NC(=O)NC3=O)cc1Br. The van der Waals surface area contributed by atoms with Crippen LogP contribution in [0.25, 0.3) is 0 Å². The number of aryl methyl sites for hydroxylation is 1. The summed E-state index contributed by atoms with van der Waals surface area (Å²) in [6.45, 7) is 0.942. The summed E-state index contributed by atoms with van der Waals surface area (Å²) in [5.41, 5.74) is 0.214. The van der Waals surface area contributed by atoms with Gasteiger partial charge in [-0.15, -0.1) is 0 Å². The fraction of sp³-hybridized carbons (Fsp3) is 0.471. The highest BCUT2D eigenvalue weighted by Crippen LogP contribution is 2.27. The molecule has 2 heterocycles. The lowest BCUT2D eigenvalue weighted by Gasteiger charge is -2.37. The molecule has 134 valence electrons. The van der Waals surface area contributed by atoms with Crippen molar-refractivity contribution in [1.82, 2.24) is 15.5 Å². The second-order valence-electron chi connectivity index (χ2n) is 6.34. The first-order valence-electron chi connectivity index (χ1n) is 8.17. The largest absolute Gasteiger partial charge is 0.496 e. The number of nitrogens with one attached hydrogen (secondary N) is 2. The van der Waals surface area contributed by atoms with Crippen LogP contribution in [0.5, 0.6) is 5.75 Å². The monoisotopic (exact) mass is 409 g/mol. The molecule has 8 heteroatoms. The molecule has 3 rings (SSSR count). The maximum absolute atomic E-state index is 12.4. The average molecular weight is 410 g/mol. The zero-order chi connectivity index (χ0) is 18.0. The fourth-order valence-corrected chi connectivity index (χ4v) is 3.88. The summed E-state index contributed by atoms with van der Waals surface area (Å²) in [5, 5.41) is 4.97. The van der Waals surface area contributed by atoms with Gasteiger partial charge in [-0.25, -0.2) is 4.79 Å². The van der Waals surface area contributed by atoms with Crippen LogP contribution >= 0.6 is 15.9 Å². The van der Waals surface area contributed by atoms with Gasteiger partial charge >= 0.3 is 6.03 Å². The molecule has 0 saturated carbocycles. The van der Waals surface area contributed by atoms with Crippen LogP contribution in [-0.2, 0) is 16.0 Å². The highest BCUT2D eigenvalue weighted by molar-refractivity contribution is 9.10. The molecule has 0 unspecified atom stereocenters. The predicted molar refractivity (Wildman–Crippen MR) is 94.2 cm³/mol. The van der Waals surface area contributed by atoms with Crippen LogP contribution < -0.4 is 15.4 Å². The molecule has 2 aliphatic rings. The van der Waals surface area contributed by atoms with Crippen LogP contribution in [0.3, 0.4) is 0 Å². The van der Waals surface area contributed by atoms with Crippen LogP contribution in [0.4, 0.5) is 4.79 Å². The van der Waals surface area contributed by atoms with Gasteiger partial charge in [0, 0.05) is 19.5 Å². The van der Waals surface area contributed by atoms with E-state index in [1.54, 1.807) is 12.0 Å². The Kier molecular flexibility index (Phi) is 4.99. The molecule has 0 bridgehead atoms. The van der Waals surface area contributed by atoms with E-state index in [4.69, 9.17) is 4.74 Å². The number of amides is 4. The number of urea groups is 1. The number of nitrogens with zero attached hydrogens (tertiary/aromatic N) is 1. The van der Waals surface area contributed by atoms with Gasteiger partial charge in [0.25, 0.3) is 5.91 Å². The molecule has 1 aromatic carbocycles. The lowest BCUT2D eigenvalue weighted by molar-refractivity contribution is -0.135. The summed E-state index contributed by atoms with van der Waals surface area (Å²) in [7, 11) is 1.61. The Morgan fingerprint density at radius 1 is 1.32 bits per heavy atom. The van der Waals surface area contributed by atoms with Gasteiger partial charge in [-0.1, -0.05) is 6.07 Å². The van der Waals surface area contributed by atoms with Crippen molar-refractivity contribution in [1.29, 1.82) is 0 Å². The molecular formula is C17H20BrN3O4. The summed E-state index contributed by atoms with van der Waals surface area (Å²) < 4.78 is 6.06. The molecular weight excluding hydrogens is 390 g/mol. The minimum atomic E-state index is -0.839. The van der Waals surface area contributed by atoms with Crippen molar-refractivity contribution in [3.8, 4) is 5.75 Å². The number of likely N-dealkylation sites (tertiary alicyclic amines) is 1. The van der Waals surface area contributed by atoms with Crippen molar-refractivity contribution in [2.75, 3.05) is 20.2 Å². The number of methoxy groups -OCH3 is 1. The second-order valence-corrected chi connectivity index (χ2v) is 7.19.